The number of carbonyl (C=O) groups excluding carboxylic acids is 1. The Hall–Kier alpha value is -0.650. The molecule has 0 aromatic rings. The number of carbonyl (C=O) groups is 1. The van der Waals surface area contributed by atoms with E-state index in [9.17, 15) is 4.79 Å². The molecule has 96 valence electrons. The zero-order chi connectivity index (χ0) is 11.8. The van der Waals surface area contributed by atoms with Gasteiger partial charge in [-0.25, -0.2) is 0 Å². The molecule has 4 unspecified atom stereocenters. The Bertz CT molecular complexity index is 310. The topological polar surface area (TPSA) is 67.6 Å². The Labute approximate surface area is 102 Å². The smallest absolute Gasteiger partial charge is 0.227 e. The first-order valence-corrected chi connectivity index (χ1v) is 6.63. The van der Waals surface area contributed by atoms with Crippen molar-refractivity contribution in [2.75, 3.05) is 26.3 Å². The number of nitrogens with two attached hydrogens (primary N) is 1. The molecule has 0 aliphatic carbocycles. The van der Waals surface area contributed by atoms with E-state index < -0.39 is 0 Å². The summed E-state index contributed by atoms with van der Waals surface area (Å²) in [6.45, 7) is 3.32. The zero-order valence-electron chi connectivity index (χ0n) is 10.1. The first kappa shape index (κ1) is 11.4. The summed E-state index contributed by atoms with van der Waals surface area (Å²) in [5.41, 5.74) is 5.86. The van der Waals surface area contributed by atoms with Crippen molar-refractivity contribution in [2.24, 2.45) is 11.7 Å². The number of nitrogens with zero attached hydrogens (tertiary/aromatic N) is 1. The molecular weight excluding hydrogens is 218 g/mol. The number of hydrogen-bond acceptors (Lipinski definition) is 4. The summed E-state index contributed by atoms with van der Waals surface area (Å²) in [4.78, 5) is 14.6. The normalized spacial score (nSPS) is 41.7. The monoisotopic (exact) mass is 239 g/mol. The Morgan fingerprint density at radius 1 is 1.29 bits per heavy atom. The average Bonchev–Trinajstić information content (AvgIpc) is 2.96. The molecule has 3 N–H and O–H groups in total. The number of rotatable bonds is 2. The molecule has 3 fully saturated rings. The third-order valence-electron chi connectivity index (χ3n) is 4.39. The molecule has 0 radical (unpaired) electrons. The molecule has 4 atom stereocenters. The van der Waals surface area contributed by atoms with Crippen LogP contribution in [0.2, 0.25) is 0 Å². The van der Waals surface area contributed by atoms with Crippen LogP contribution in [0.1, 0.15) is 19.3 Å². The highest BCUT2D eigenvalue weighted by molar-refractivity contribution is 5.80. The van der Waals surface area contributed by atoms with E-state index in [1.807, 2.05) is 0 Å². The van der Waals surface area contributed by atoms with E-state index in [1.54, 1.807) is 0 Å². The summed E-state index contributed by atoms with van der Waals surface area (Å²) >= 11 is 0. The number of fused-ring (bicyclic) bond motifs is 1. The van der Waals surface area contributed by atoms with Crippen LogP contribution < -0.4 is 11.1 Å². The van der Waals surface area contributed by atoms with Gasteiger partial charge in [-0.3, -0.25) is 9.69 Å². The maximum atomic E-state index is 12.1. The van der Waals surface area contributed by atoms with Gasteiger partial charge in [0, 0.05) is 24.7 Å². The highest BCUT2D eigenvalue weighted by Crippen LogP contribution is 2.28. The maximum Gasteiger partial charge on any atom is 0.227 e. The minimum absolute atomic E-state index is 0.0914. The molecule has 17 heavy (non-hydrogen) atoms. The molecule has 3 heterocycles. The molecule has 5 nitrogen and oxygen atoms in total. The van der Waals surface area contributed by atoms with Gasteiger partial charge in [0.2, 0.25) is 5.91 Å². The fourth-order valence-corrected chi connectivity index (χ4v) is 3.38. The summed E-state index contributed by atoms with van der Waals surface area (Å²) < 4.78 is 5.25. The van der Waals surface area contributed by atoms with Gasteiger partial charge in [-0.15, -0.1) is 0 Å². The molecular formula is C12H21N3O2. The summed E-state index contributed by atoms with van der Waals surface area (Å²) in [6, 6.07) is 0.770. The third-order valence-corrected chi connectivity index (χ3v) is 4.39. The van der Waals surface area contributed by atoms with E-state index in [2.05, 4.69) is 10.2 Å². The Balaban J connectivity index is 1.58. The third kappa shape index (κ3) is 2.07. The minimum atomic E-state index is -0.148. The van der Waals surface area contributed by atoms with Crippen LogP contribution in [0.15, 0.2) is 0 Å². The second-order valence-corrected chi connectivity index (χ2v) is 5.46. The van der Waals surface area contributed by atoms with E-state index in [1.165, 1.54) is 19.4 Å². The molecule has 0 aromatic heterocycles. The van der Waals surface area contributed by atoms with Crippen LogP contribution in [-0.2, 0) is 9.53 Å². The Morgan fingerprint density at radius 3 is 2.94 bits per heavy atom. The second kappa shape index (κ2) is 4.55. The molecule has 3 saturated heterocycles. The fourth-order valence-electron chi connectivity index (χ4n) is 3.38. The van der Waals surface area contributed by atoms with Gasteiger partial charge in [0.15, 0.2) is 0 Å². The lowest BCUT2D eigenvalue weighted by atomic mass is 10.0. The van der Waals surface area contributed by atoms with E-state index in [0.717, 1.165) is 13.0 Å². The quantitative estimate of drug-likeness (QED) is 0.669. The predicted molar refractivity (Wildman–Crippen MR) is 63.4 cm³/mol. The molecule has 0 saturated carbocycles. The van der Waals surface area contributed by atoms with Gasteiger partial charge in [0.25, 0.3) is 0 Å². The SMILES string of the molecule is NC1COCC1C(=O)NC1CCN2CCCC12. The van der Waals surface area contributed by atoms with Crippen molar-refractivity contribution in [3.8, 4) is 0 Å². The average molecular weight is 239 g/mol. The van der Waals surface area contributed by atoms with Gasteiger partial charge < -0.3 is 15.8 Å². The summed E-state index contributed by atoms with van der Waals surface area (Å²) in [5, 5.41) is 3.18. The lowest BCUT2D eigenvalue weighted by Gasteiger charge is -2.23. The minimum Gasteiger partial charge on any atom is -0.379 e. The van der Waals surface area contributed by atoms with Crippen molar-refractivity contribution in [1.29, 1.82) is 0 Å². The van der Waals surface area contributed by atoms with Gasteiger partial charge in [0.05, 0.1) is 19.1 Å². The zero-order valence-corrected chi connectivity index (χ0v) is 10.1. The molecule has 0 bridgehead atoms. The number of ether oxygens (including phenoxy) is 1. The second-order valence-electron chi connectivity index (χ2n) is 5.46. The molecule has 0 aromatic carbocycles. The van der Waals surface area contributed by atoms with Crippen molar-refractivity contribution in [3.05, 3.63) is 0 Å². The fraction of sp³-hybridized carbons (Fsp3) is 0.917. The molecule has 1 amide bonds. The largest absolute Gasteiger partial charge is 0.379 e. The van der Waals surface area contributed by atoms with Crippen LogP contribution >= 0.6 is 0 Å². The standard InChI is InChI=1S/C12H21N3O2/c13-9-7-17-6-8(9)12(16)14-10-3-5-15-4-1-2-11(10)15/h8-11H,1-7,13H2,(H,14,16). The predicted octanol–water partition coefficient (Wildman–Crippen LogP) is -0.687. The molecule has 3 aliphatic heterocycles. The molecule has 0 spiro atoms. The van der Waals surface area contributed by atoms with Crippen molar-refractivity contribution < 1.29 is 9.53 Å². The Morgan fingerprint density at radius 2 is 2.18 bits per heavy atom. The Kier molecular flexibility index (Phi) is 3.06. The van der Waals surface area contributed by atoms with Crippen LogP contribution in [0.4, 0.5) is 0 Å². The summed E-state index contributed by atoms with van der Waals surface area (Å²) in [6.07, 6.45) is 3.57. The van der Waals surface area contributed by atoms with Crippen LogP contribution in [-0.4, -0.2) is 55.2 Å². The molecule has 3 aliphatic rings. The molecule has 5 heteroatoms. The maximum absolute atomic E-state index is 12.1. The van der Waals surface area contributed by atoms with Gasteiger partial charge >= 0.3 is 0 Å². The van der Waals surface area contributed by atoms with Gasteiger partial charge in [-0.2, -0.15) is 0 Å². The molecule has 3 rings (SSSR count). The first-order valence-electron chi connectivity index (χ1n) is 6.63. The van der Waals surface area contributed by atoms with Crippen LogP contribution in [0.5, 0.6) is 0 Å². The van der Waals surface area contributed by atoms with Crippen LogP contribution in [0.3, 0.4) is 0 Å². The summed E-state index contributed by atoms with van der Waals surface area (Å²) in [7, 11) is 0. The van der Waals surface area contributed by atoms with Crippen LogP contribution in [0, 0.1) is 5.92 Å². The van der Waals surface area contributed by atoms with Gasteiger partial charge in [0.1, 0.15) is 0 Å². The van der Waals surface area contributed by atoms with Gasteiger partial charge in [-0.1, -0.05) is 0 Å². The van der Waals surface area contributed by atoms with Crippen molar-refractivity contribution in [1.82, 2.24) is 10.2 Å². The lowest BCUT2D eigenvalue weighted by Crippen LogP contribution is -2.48. The van der Waals surface area contributed by atoms with E-state index in [0.29, 0.717) is 25.3 Å². The highest BCUT2D eigenvalue weighted by Gasteiger charge is 2.40. The lowest BCUT2D eigenvalue weighted by molar-refractivity contribution is -0.126. The summed E-state index contributed by atoms with van der Waals surface area (Å²) in [5.74, 6) is -0.0563. The van der Waals surface area contributed by atoms with Crippen molar-refractivity contribution in [2.45, 2.75) is 37.4 Å². The van der Waals surface area contributed by atoms with Crippen LogP contribution in [0.25, 0.3) is 0 Å². The van der Waals surface area contributed by atoms with E-state index in [-0.39, 0.29) is 17.9 Å². The van der Waals surface area contributed by atoms with E-state index >= 15 is 0 Å². The first-order chi connectivity index (χ1) is 8.25. The van der Waals surface area contributed by atoms with Crippen molar-refractivity contribution >= 4 is 5.91 Å². The van der Waals surface area contributed by atoms with Crippen molar-refractivity contribution in [3.63, 3.8) is 0 Å². The van der Waals surface area contributed by atoms with Gasteiger partial charge in [-0.05, 0) is 25.8 Å². The number of nitrogens with one attached hydrogen (secondary N) is 1. The number of hydrogen-bond donors (Lipinski definition) is 2. The highest BCUT2D eigenvalue weighted by atomic mass is 16.5. The number of amides is 1. The van der Waals surface area contributed by atoms with E-state index in [4.69, 9.17) is 10.5 Å².